The molecule has 2 aromatic carbocycles. The van der Waals surface area contributed by atoms with Gasteiger partial charge in [-0.15, -0.1) is 0 Å². The van der Waals surface area contributed by atoms with E-state index in [1.807, 2.05) is 18.2 Å². The standard InChI is InChI=1S/C26H27ClFN5O2/c27-18-3-6-20-21-14-23-25(34)31(12-11-30-9-7-29-8-10-30)26(35)33(23)16-24(21)32(22(20)13-18)15-17-1-4-19(28)5-2-17/h1-6,13,23,29H,7-12,14-16H2. The number of hydrogen-bond acceptors (Lipinski definition) is 4. The highest BCUT2D eigenvalue weighted by Crippen LogP contribution is 2.37. The number of piperazine rings is 1. The number of benzene rings is 2. The zero-order valence-corrected chi connectivity index (χ0v) is 20.1. The summed E-state index contributed by atoms with van der Waals surface area (Å²) in [5.74, 6) is -0.384. The van der Waals surface area contributed by atoms with Crippen molar-refractivity contribution in [3.63, 3.8) is 0 Å². The maximum atomic E-state index is 13.5. The zero-order chi connectivity index (χ0) is 24.1. The van der Waals surface area contributed by atoms with Crippen LogP contribution in [0.3, 0.4) is 0 Å². The Morgan fingerprint density at radius 3 is 2.57 bits per heavy atom. The molecule has 0 aliphatic carbocycles. The molecule has 4 heterocycles. The summed E-state index contributed by atoms with van der Waals surface area (Å²) in [7, 11) is 0. The second-order valence-corrected chi connectivity index (χ2v) is 9.95. The molecule has 182 valence electrons. The Hall–Kier alpha value is -2.94. The third-order valence-electron chi connectivity index (χ3n) is 7.47. The first-order valence-electron chi connectivity index (χ1n) is 12.1. The molecule has 1 atom stereocenters. The number of nitrogens with zero attached hydrogens (tertiary/aromatic N) is 4. The normalized spacial score (nSPS) is 20.6. The van der Waals surface area contributed by atoms with E-state index in [0.717, 1.165) is 53.9 Å². The summed E-state index contributed by atoms with van der Waals surface area (Å²) in [6, 6.07) is 11.5. The number of amides is 3. The highest BCUT2D eigenvalue weighted by molar-refractivity contribution is 6.31. The van der Waals surface area contributed by atoms with Crippen molar-refractivity contribution in [2.24, 2.45) is 0 Å². The summed E-state index contributed by atoms with van der Waals surface area (Å²) in [4.78, 5) is 32.1. The average molecular weight is 496 g/mol. The molecule has 7 nitrogen and oxygen atoms in total. The number of carbonyl (C=O) groups is 2. The SMILES string of the molecule is O=C1C2Cc3c(n(Cc4ccc(F)cc4)c4cc(Cl)ccc34)CN2C(=O)N1CCN1CCNCC1. The number of nitrogens with one attached hydrogen (secondary N) is 1. The van der Waals surface area contributed by atoms with E-state index in [1.165, 1.54) is 17.0 Å². The second-order valence-electron chi connectivity index (χ2n) is 9.51. The molecule has 3 aliphatic rings. The van der Waals surface area contributed by atoms with Gasteiger partial charge in [0.05, 0.1) is 12.1 Å². The van der Waals surface area contributed by atoms with Crippen LogP contribution in [0.5, 0.6) is 0 Å². The van der Waals surface area contributed by atoms with Crippen molar-refractivity contribution >= 4 is 34.4 Å². The van der Waals surface area contributed by atoms with Gasteiger partial charge in [-0.1, -0.05) is 29.8 Å². The van der Waals surface area contributed by atoms with Gasteiger partial charge < -0.3 is 14.8 Å². The lowest BCUT2D eigenvalue weighted by molar-refractivity contribution is -0.128. The lowest BCUT2D eigenvalue weighted by Gasteiger charge is -2.29. The highest BCUT2D eigenvalue weighted by Gasteiger charge is 2.48. The number of rotatable bonds is 5. The maximum absolute atomic E-state index is 13.5. The van der Waals surface area contributed by atoms with Crippen LogP contribution in [-0.2, 0) is 24.3 Å². The van der Waals surface area contributed by atoms with E-state index < -0.39 is 6.04 Å². The molecule has 0 spiro atoms. The summed E-state index contributed by atoms with van der Waals surface area (Å²) in [6.45, 7) is 5.72. The molecule has 0 bridgehead atoms. The van der Waals surface area contributed by atoms with Gasteiger partial charge in [0.15, 0.2) is 0 Å². The molecule has 3 amide bonds. The molecule has 0 saturated carbocycles. The van der Waals surface area contributed by atoms with Crippen molar-refractivity contribution in [3.05, 3.63) is 70.1 Å². The largest absolute Gasteiger partial charge is 0.338 e. The monoisotopic (exact) mass is 495 g/mol. The van der Waals surface area contributed by atoms with Gasteiger partial charge in [0.2, 0.25) is 0 Å². The zero-order valence-electron chi connectivity index (χ0n) is 19.3. The topological polar surface area (TPSA) is 60.8 Å². The van der Waals surface area contributed by atoms with Gasteiger partial charge in [0.1, 0.15) is 11.9 Å². The van der Waals surface area contributed by atoms with Crippen LogP contribution in [0.1, 0.15) is 16.8 Å². The Kier molecular flexibility index (Phi) is 5.75. The third-order valence-corrected chi connectivity index (χ3v) is 7.71. The first-order chi connectivity index (χ1) is 17.0. The second kappa shape index (κ2) is 8.93. The summed E-state index contributed by atoms with van der Waals surface area (Å²) in [6.07, 6.45) is 0.485. The Balaban J connectivity index is 1.31. The van der Waals surface area contributed by atoms with Crippen molar-refractivity contribution in [1.82, 2.24) is 24.6 Å². The molecule has 6 rings (SSSR count). The molecule has 2 fully saturated rings. The fraction of sp³-hybridized carbons (Fsp3) is 0.385. The van der Waals surface area contributed by atoms with Crippen molar-refractivity contribution in [3.8, 4) is 0 Å². The molecule has 35 heavy (non-hydrogen) atoms. The van der Waals surface area contributed by atoms with Gasteiger partial charge in [-0.3, -0.25) is 14.6 Å². The van der Waals surface area contributed by atoms with E-state index in [0.29, 0.717) is 37.6 Å². The number of halogens is 2. The summed E-state index contributed by atoms with van der Waals surface area (Å²) >= 11 is 6.34. The highest BCUT2D eigenvalue weighted by atomic mass is 35.5. The summed E-state index contributed by atoms with van der Waals surface area (Å²) < 4.78 is 15.6. The number of carbonyl (C=O) groups excluding carboxylic acids is 2. The van der Waals surface area contributed by atoms with Crippen LogP contribution in [-0.4, -0.2) is 76.5 Å². The summed E-state index contributed by atoms with van der Waals surface area (Å²) in [5, 5.41) is 5.00. The Labute approximate surface area is 208 Å². The fourth-order valence-corrected chi connectivity index (χ4v) is 5.78. The van der Waals surface area contributed by atoms with Crippen LogP contribution in [0.25, 0.3) is 10.9 Å². The van der Waals surface area contributed by atoms with E-state index in [4.69, 9.17) is 11.6 Å². The van der Waals surface area contributed by atoms with Crippen LogP contribution in [0.2, 0.25) is 5.02 Å². The molecular weight excluding hydrogens is 469 g/mol. The predicted molar refractivity (Wildman–Crippen MR) is 132 cm³/mol. The maximum Gasteiger partial charge on any atom is 0.327 e. The van der Waals surface area contributed by atoms with E-state index in [-0.39, 0.29) is 17.8 Å². The van der Waals surface area contributed by atoms with Crippen molar-refractivity contribution < 1.29 is 14.0 Å². The van der Waals surface area contributed by atoms with E-state index in [9.17, 15) is 14.0 Å². The van der Waals surface area contributed by atoms with Crippen molar-refractivity contribution in [1.29, 1.82) is 0 Å². The van der Waals surface area contributed by atoms with Gasteiger partial charge in [-0.05, 0) is 35.4 Å². The van der Waals surface area contributed by atoms with E-state index in [1.54, 1.807) is 17.0 Å². The van der Waals surface area contributed by atoms with Crippen LogP contribution in [0.4, 0.5) is 9.18 Å². The quantitative estimate of drug-likeness (QED) is 0.553. The van der Waals surface area contributed by atoms with Crippen LogP contribution in [0, 0.1) is 5.82 Å². The molecule has 3 aromatic rings. The Bertz CT molecular complexity index is 1300. The first kappa shape index (κ1) is 22.5. The number of hydrogen-bond donors (Lipinski definition) is 1. The minimum atomic E-state index is -0.474. The minimum absolute atomic E-state index is 0.107. The molecule has 9 heteroatoms. The average Bonchev–Trinajstić information content (AvgIpc) is 3.29. The van der Waals surface area contributed by atoms with Gasteiger partial charge in [0, 0.05) is 68.3 Å². The number of fused-ring (bicyclic) bond motifs is 4. The Morgan fingerprint density at radius 1 is 1.03 bits per heavy atom. The number of imide groups is 1. The van der Waals surface area contributed by atoms with Crippen molar-refractivity contribution in [2.45, 2.75) is 25.6 Å². The summed E-state index contributed by atoms with van der Waals surface area (Å²) in [5.41, 5.74) is 4.01. The van der Waals surface area contributed by atoms with Gasteiger partial charge in [-0.25, -0.2) is 9.18 Å². The first-order valence-corrected chi connectivity index (χ1v) is 12.5. The molecule has 1 unspecified atom stereocenters. The lowest BCUT2D eigenvalue weighted by Crippen LogP contribution is -2.47. The van der Waals surface area contributed by atoms with E-state index >= 15 is 0 Å². The van der Waals surface area contributed by atoms with E-state index in [2.05, 4.69) is 14.8 Å². The van der Waals surface area contributed by atoms with Crippen LogP contribution < -0.4 is 5.32 Å². The molecule has 0 radical (unpaired) electrons. The lowest BCUT2D eigenvalue weighted by atomic mass is 9.97. The molecular formula is C26H27ClFN5O2. The molecule has 1 aromatic heterocycles. The number of urea groups is 1. The van der Waals surface area contributed by atoms with Gasteiger partial charge in [0.25, 0.3) is 5.91 Å². The van der Waals surface area contributed by atoms with Crippen LogP contribution in [0.15, 0.2) is 42.5 Å². The molecule has 2 saturated heterocycles. The minimum Gasteiger partial charge on any atom is -0.338 e. The molecule has 1 N–H and O–H groups in total. The number of aromatic nitrogens is 1. The third kappa shape index (κ3) is 3.99. The fourth-order valence-electron chi connectivity index (χ4n) is 5.62. The van der Waals surface area contributed by atoms with Gasteiger partial charge in [-0.2, -0.15) is 0 Å². The smallest absolute Gasteiger partial charge is 0.327 e. The predicted octanol–water partition coefficient (Wildman–Crippen LogP) is 3.08. The Morgan fingerprint density at radius 2 is 1.80 bits per heavy atom. The van der Waals surface area contributed by atoms with Crippen molar-refractivity contribution in [2.75, 3.05) is 39.3 Å². The molecule has 3 aliphatic heterocycles. The van der Waals surface area contributed by atoms with Crippen LogP contribution >= 0.6 is 11.6 Å². The van der Waals surface area contributed by atoms with Gasteiger partial charge >= 0.3 is 6.03 Å².